The van der Waals surface area contributed by atoms with Crippen molar-refractivity contribution in [1.29, 1.82) is 0 Å². The Labute approximate surface area is 203 Å². The van der Waals surface area contributed by atoms with Crippen molar-refractivity contribution in [1.82, 2.24) is 19.9 Å². The van der Waals surface area contributed by atoms with E-state index in [9.17, 15) is 9.90 Å². The fourth-order valence-electron chi connectivity index (χ4n) is 4.84. The van der Waals surface area contributed by atoms with Crippen LogP contribution in [0.3, 0.4) is 0 Å². The maximum atomic E-state index is 12.6. The number of hydrogen-bond acceptors (Lipinski definition) is 8. The highest BCUT2D eigenvalue weighted by Crippen LogP contribution is 2.36. The Morgan fingerprint density at radius 2 is 2.00 bits per heavy atom. The van der Waals surface area contributed by atoms with Crippen LogP contribution in [0.1, 0.15) is 37.9 Å². The van der Waals surface area contributed by atoms with Crippen molar-refractivity contribution >= 4 is 32.6 Å². The highest BCUT2D eigenvalue weighted by Gasteiger charge is 2.34. The van der Waals surface area contributed by atoms with Crippen LogP contribution in [-0.2, 0) is 16.1 Å². The number of thiazole rings is 1. The summed E-state index contributed by atoms with van der Waals surface area (Å²) in [5, 5.41) is 13.5. The zero-order valence-corrected chi connectivity index (χ0v) is 20.4. The topological polar surface area (TPSA) is 100 Å². The summed E-state index contributed by atoms with van der Waals surface area (Å²) >= 11 is 1.49. The van der Waals surface area contributed by atoms with Gasteiger partial charge in [0.1, 0.15) is 6.61 Å². The van der Waals surface area contributed by atoms with Gasteiger partial charge < -0.3 is 20.1 Å². The van der Waals surface area contributed by atoms with Gasteiger partial charge in [-0.05, 0) is 69.8 Å². The molecule has 0 unspecified atom stereocenters. The van der Waals surface area contributed by atoms with Crippen molar-refractivity contribution in [2.75, 3.05) is 26.0 Å². The number of fused-ring (bicyclic) bond motifs is 1. The molecule has 8 nitrogen and oxygen atoms in total. The number of hydrogen-bond donors (Lipinski definition) is 2. The molecule has 2 fully saturated rings. The Hall–Kier alpha value is -2.46. The number of anilines is 1. The lowest BCUT2D eigenvalue weighted by Crippen LogP contribution is -2.38. The lowest BCUT2D eigenvalue weighted by molar-refractivity contribution is -0.123. The molecule has 9 heteroatoms. The predicted molar refractivity (Wildman–Crippen MR) is 132 cm³/mol. The first-order chi connectivity index (χ1) is 16.4. The van der Waals surface area contributed by atoms with Gasteiger partial charge >= 0.3 is 0 Å². The summed E-state index contributed by atoms with van der Waals surface area (Å²) in [6, 6.07) is 6.02. The normalized spacial score (nSPS) is 24.5. The van der Waals surface area contributed by atoms with Crippen molar-refractivity contribution in [3.63, 3.8) is 0 Å². The number of nitrogens with zero attached hydrogens (tertiary/aromatic N) is 4. The minimum absolute atomic E-state index is 0.0746. The molecule has 2 atom stereocenters. The van der Waals surface area contributed by atoms with E-state index in [0.29, 0.717) is 23.5 Å². The Morgan fingerprint density at radius 3 is 2.71 bits per heavy atom. The number of nitrogens with one attached hydrogen (secondary N) is 1. The lowest BCUT2D eigenvalue weighted by Gasteiger charge is -2.35. The largest absolute Gasteiger partial charge is 0.390 e. The molecule has 180 valence electrons. The van der Waals surface area contributed by atoms with Crippen LogP contribution >= 0.6 is 11.3 Å². The van der Waals surface area contributed by atoms with Gasteiger partial charge in [0, 0.05) is 30.4 Å². The first kappa shape index (κ1) is 23.3. The molecule has 0 saturated heterocycles. The molecule has 2 aromatic heterocycles. The SMILES string of the molecule is CN(C)CC1CC(C(=O)Nc2nc3ccc(-c4cnc(CO[C@H]5CCC[C@@H]5O)nc4)cc3s2)C1. The standard InChI is InChI=1S/C25H31N5O3S/c1-30(2)13-15-8-17(9-15)24(32)29-25-28-19-7-6-16(10-22(19)34-25)18-11-26-23(27-12-18)14-33-21-5-3-4-20(21)31/h6-7,10-12,15,17,20-21,31H,3-5,8-9,13-14H2,1-2H3,(H,28,29,32)/t15?,17?,20-,21-/m0/s1. The summed E-state index contributed by atoms with van der Waals surface area (Å²) in [6.07, 6.45) is 7.66. The van der Waals surface area contributed by atoms with E-state index in [1.807, 2.05) is 12.1 Å². The molecule has 34 heavy (non-hydrogen) atoms. The lowest BCUT2D eigenvalue weighted by atomic mass is 9.74. The third-order valence-electron chi connectivity index (χ3n) is 6.73. The average Bonchev–Trinajstić information content (AvgIpc) is 3.39. The summed E-state index contributed by atoms with van der Waals surface area (Å²) < 4.78 is 6.78. The zero-order chi connectivity index (χ0) is 23.7. The smallest absolute Gasteiger partial charge is 0.229 e. The van der Waals surface area contributed by atoms with Crippen LogP contribution in [-0.4, -0.2) is 63.7 Å². The molecule has 2 aliphatic rings. The highest BCUT2D eigenvalue weighted by molar-refractivity contribution is 7.22. The molecular formula is C25H31N5O3S. The van der Waals surface area contributed by atoms with Gasteiger partial charge in [0.15, 0.2) is 11.0 Å². The third-order valence-corrected chi connectivity index (χ3v) is 7.66. The van der Waals surface area contributed by atoms with E-state index in [1.54, 1.807) is 12.4 Å². The van der Waals surface area contributed by atoms with Gasteiger partial charge in [-0.25, -0.2) is 15.0 Å². The molecule has 5 rings (SSSR count). The van der Waals surface area contributed by atoms with Crippen molar-refractivity contribution in [3.8, 4) is 11.1 Å². The van der Waals surface area contributed by atoms with Gasteiger partial charge in [-0.3, -0.25) is 4.79 Å². The monoisotopic (exact) mass is 481 g/mol. The second-order valence-electron chi connectivity index (χ2n) is 9.72. The zero-order valence-electron chi connectivity index (χ0n) is 19.6. The van der Waals surface area contributed by atoms with E-state index >= 15 is 0 Å². The van der Waals surface area contributed by atoms with Crippen molar-refractivity contribution in [2.24, 2.45) is 11.8 Å². The molecule has 3 aromatic rings. The second kappa shape index (κ2) is 10.0. The Morgan fingerprint density at radius 1 is 1.21 bits per heavy atom. The molecule has 0 bridgehead atoms. The van der Waals surface area contributed by atoms with Crippen LogP contribution in [0.4, 0.5) is 5.13 Å². The van der Waals surface area contributed by atoms with Gasteiger partial charge in [0.25, 0.3) is 0 Å². The van der Waals surface area contributed by atoms with Gasteiger partial charge in [0.2, 0.25) is 5.91 Å². The Balaban J connectivity index is 1.19. The van der Waals surface area contributed by atoms with Crippen LogP contribution in [0.15, 0.2) is 30.6 Å². The Kier molecular flexibility index (Phi) is 6.87. The van der Waals surface area contributed by atoms with Crippen molar-refractivity contribution in [2.45, 2.75) is 50.9 Å². The van der Waals surface area contributed by atoms with Crippen LogP contribution in [0, 0.1) is 11.8 Å². The first-order valence-corrected chi connectivity index (χ1v) is 12.7. The van der Waals surface area contributed by atoms with E-state index in [0.717, 1.165) is 60.0 Å². The molecule has 2 heterocycles. The Bertz CT molecular complexity index is 1140. The fourth-order valence-corrected chi connectivity index (χ4v) is 5.75. The third kappa shape index (κ3) is 5.27. The number of carbonyl (C=O) groups excluding carboxylic acids is 1. The van der Waals surface area contributed by atoms with E-state index in [-0.39, 0.29) is 24.0 Å². The summed E-state index contributed by atoms with van der Waals surface area (Å²) in [5.74, 6) is 1.38. The van der Waals surface area contributed by atoms with Gasteiger partial charge in [-0.15, -0.1) is 0 Å². The number of aromatic nitrogens is 3. The minimum atomic E-state index is -0.381. The highest BCUT2D eigenvalue weighted by atomic mass is 32.1. The van der Waals surface area contributed by atoms with E-state index in [2.05, 4.69) is 45.3 Å². The summed E-state index contributed by atoms with van der Waals surface area (Å²) in [4.78, 5) is 28.2. The number of rotatable bonds is 8. The number of carbonyl (C=O) groups is 1. The van der Waals surface area contributed by atoms with Crippen molar-refractivity contribution < 1.29 is 14.6 Å². The molecule has 0 radical (unpaired) electrons. The first-order valence-electron chi connectivity index (χ1n) is 11.9. The molecular weight excluding hydrogens is 450 g/mol. The number of benzene rings is 1. The molecule has 2 aliphatic carbocycles. The van der Waals surface area contributed by atoms with Crippen LogP contribution in [0.2, 0.25) is 0 Å². The number of aliphatic hydroxyl groups excluding tert-OH is 1. The molecule has 2 saturated carbocycles. The van der Waals surface area contributed by atoms with Crippen molar-refractivity contribution in [3.05, 3.63) is 36.4 Å². The van der Waals surface area contributed by atoms with Gasteiger partial charge in [-0.2, -0.15) is 0 Å². The predicted octanol–water partition coefficient (Wildman–Crippen LogP) is 3.71. The van der Waals surface area contributed by atoms with Crippen LogP contribution in [0.25, 0.3) is 21.3 Å². The summed E-state index contributed by atoms with van der Waals surface area (Å²) in [5.41, 5.74) is 2.77. The van der Waals surface area contributed by atoms with Crippen LogP contribution < -0.4 is 5.32 Å². The average molecular weight is 482 g/mol. The van der Waals surface area contributed by atoms with Gasteiger partial charge in [-0.1, -0.05) is 17.4 Å². The maximum Gasteiger partial charge on any atom is 0.229 e. The summed E-state index contributed by atoms with van der Waals surface area (Å²) in [6.45, 7) is 1.34. The molecule has 1 aromatic carbocycles. The molecule has 0 spiro atoms. The molecule has 0 aliphatic heterocycles. The molecule has 2 N–H and O–H groups in total. The van der Waals surface area contributed by atoms with E-state index < -0.39 is 0 Å². The minimum Gasteiger partial charge on any atom is -0.390 e. The second-order valence-corrected chi connectivity index (χ2v) is 10.8. The van der Waals surface area contributed by atoms with E-state index in [1.165, 1.54) is 11.3 Å². The number of amides is 1. The maximum absolute atomic E-state index is 12.6. The number of aliphatic hydroxyl groups is 1. The number of ether oxygens (including phenoxy) is 1. The summed E-state index contributed by atoms with van der Waals surface area (Å²) in [7, 11) is 4.14. The molecule has 1 amide bonds. The van der Waals surface area contributed by atoms with Crippen LogP contribution in [0.5, 0.6) is 0 Å². The van der Waals surface area contributed by atoms with E-state index in [4.69, 9.17) is 4.74 Å². The van der Waals surface area contributed by atoms with Gasteiger partial charge in [0.05, 0.1) is 22.4 Å². The fraction of sp³-hybridized carbons (Fsp3) is 0.520. The quantitative estimate of drug-likeness (QED) is 0.506.